The summed E-state index contributed by atoms with van der Waals surface area (Å²) in [6.45, 7) is 2.71. The SMILES string of the molecule is CC(=O)c1ccc(Cl)c([N+](=O)[O-])c1.CNc1ccc(-c2csc(N)n2)cc1N.CNc1ccc(-c2csc(N)n2)cc1[N+](=O)[O-].CNc1ccc(C(=O)CBr)cc1[N+](=O)[O-].CNc1ccc(C(C)=O)cc1[N+](=O)[O-].NC(N)=S. The van der Waals surface area contributed by atoms with Crippen molar-refractivity contribution in [1.82, 2.24) is 9.97 Å². The predicted octanol–water partition coefficient (Wildman–Crippen LogP) is 10.1. The van der Waals surface area contributed by atoms with Crippen LogP contribution in [0.4, 0.5) is 61.4 Å². The van der Waals surface area contributed by atoms with E-state index in [0.29, 0.717) is 55.4 Å². The van der Waals surface area contributed by atoms with Gasteiger partial charge in [0, 0.05) is 91.0 Å². The van der Waals surface area contributed by atoms with E-state index in [1.165, 1.54) is 85.1 Å². The maximum Gasteiger partial charge on any atom is 0.293 e. The second kappa shape index (κ2) is 31.8. The summed E-state index contributed by atoms with van der Waals surface area (Å²) < 4.78 is 0. The van der Waals surface area contributed by atoms with Crippen molar-refractivity contribution in [2.75, 3.05) is 72.0 Å². The molecule has 7 rings (SSSR count). The number of carbonyl (C=O) groups excluding carboxylic acids is 3. The Morgan fingerprint density at radius 1 is 0.564 bits per heavy atom. The highest BCUT2D eigenvalue weighted by Crippen LogP contribution is 2.32. The number of thiocarbonyl (C=S) groups is 1. The van der Waals surface area contributed by atoms with Crippen LogP contribution in [0.15, 0.2) is 102 Å². The molecule has 0 atom stereocenters. The molecule has 0 unspecified atom stereocenters. The lowest BCUT2D eigenvalue weighted by atomic mass is 10.1. The highest BCUT2D eigenvalue weighted by molar-refractivity contribution is 9.09. The minimum atomic E-state index is -0.616. The molecule has 7 aromatic rings. The van der Waals surface area contributed by atoms with Crippen LogP contribution in [-0.2, 0) is 0 Å². The van der Waals surface area contributed by atoms with Crippen molar-refractivity contribution in [3.05, 3.63) is 164 Å². The number of halogens is 2. The lowest BCUT2D eigenvalue weighted by Gasteiger charge is -2.05. The molecule has 0 aliphatic carbocycles. The fourth-order valence-electron chi connectivity index (χ4n) is 5.97. The summed E-state index contributed by atoms with van der Waals surface area (Å²) in [6, 6.07) is 23.4. The van der Waals surface area contributed by atoms with Crippen molar-refractivity contribution >= 4 is 146 Å². The second-order valence-corrected chi connectivity index (χ2v) is 18.1. The average Bonchev–Trinajstić information content (AvgIpc) is 4.06. The van der Waals surface area contributed by atoms with Crippen LogP contribution >= 0.6 is 62.4 Å². The Hall–Kier alpha value is -8.97. The average molecular weight is 1210 g/mol. The Balaban J connectivity index is 0.000000328. The number of nitrogens with two attached hydrogens (primary N) is 5. The van der Waals surface area contributed by atoms with E-state index in [1.807, 2.05) is 30.6 Å². The van der Waals surface area contributed by atoms with Crippen LogP contribution in [0.1, 0.15) is 44.9 Å². The standard InChI is InChI=1S/C10H10N4O2S.C10H12N4S.C9H9BrN2O3.C9H10N2O3.C8H6ClNO3.CH4N2S/c1-12-7-3-2-6(4-9(7)14(15)16)8-5-17-10(11)13-8;1-13-8-3-2-6(4-7(8)11)9-5-15-10(12)14-9;1-11-7-3-2-6(9(13)5-10)4-8(7)12(14)15;1-6(12)7-3-4-8(10-2)9(5-7)11(13)14;1-5(11)6-2-3-7(9)8(4-6)10(12)13;2-1(3)4/h2-5,12H,1H3,(H2,11,13);2-5,13H,11H2,1H3,(H2,12,14);2-4,11H,5H2,1H3;3-5,10H,1-2H3;2-4H,1H3;(H4,2,3,4). The van der Waals surface area contributed by atoms with E-state index in [2.05, 4.69) is 70.9 Å². The highest BCUT2D eigenvalue weighted by Gasteiger charge is 2.18. The highest BCUT2D eigenvalue weighted by atomic mass is 79.9. The minimum absolute atomic E-state index is 0.000000000000000222. The number of thiazole rings is 2. The Morgan fingerprint density at radius 2 is 0.897 bits per heavy atom. The van der Waals surface area contributed by atoms with Crippen LogP contribution in [0.2, 0.25) is 5.02 Å². The van der Waals surface area contributed by atoms with Crippen molar-refractivity contribution in [3.8, 4) is 22.5 Å². The van der Waals surface area contributed by atoms with Crippen LogP contribution < -0.4 is 49.9 Å². The Labute approximate surface area is 471 Å². The van der Waals surface area contributed by atoms with Crippen molar-refractivity contribution in [1.29, 1.82) is 0 Å². The molecule has 0 saturated heterocycles. The first-order valence-corrected chi connectivity index (χ1v) is 25.4. The molecule has 0 bridgehead atoms. The fourth-order valence-corrected chi connectivity index (χ4v) is 7.63. The number of nitrogens with zero attached hydrogens (tertiary/aromatic N) is 6. The summed E-state index contributed by atoms with van der Waals surface area (Å²) in [6.07, 6.45) is 0. The van der Waals surface area contributed by atoms with Gasteiger partial charge >= 0.3 is 0 Å². The lowest BCUT2D eigenvalue weighted by Crippen LogP contribution is -2.18. The van der Waals surface area contributed by atoms with Crippen molar-refractivity contribution in [2.24, 2.45) is 11.5 Å². The number of hydrogen-bond acceptors (Lipinski definition) is 23. The minimum Gasteiger partial charge on any atom is -0.397 e. The Bertz CT molecular complexity index is 3310. The molecule has 2 heterocycles. The summed E-state index contributed by atoms with van der Waals surface area (Å²) in [5.41, 5.74) is 32.9. The molecule has 0 spiro atoms. The molecule has 0 saturated carbocycles. The van der Waals surface area contributed by atoms with Gasteiger partial charge in [-0.1, -0.05) is 39.7 Å². The molecular formula is C47H51BrClN15O11S3. The van der Waals surface area contributed by atoms with E-state index in [1.54, 1.807) is 50.8 Å². The molecule has 0 aliphatic rings. The van der Waals surface area contributed by atoms with Gasteiger partial charge in [-0.05, 0) is 80.7 Å². The number of nitrogen functional groups attached to an aromatic ring is 3. The summed E-state index contributed by atoms with van der Waals surface area (Å²) in [4.78, 5) is 81.9. The zero-order valence-electron chi connectivity index (χ0n) is 42.1. The number of ketones is 3. The maximum atomic E-state index is 11.3. The predicted molar refractivity (Wildman–Crippen MR) is 317 cm³/mol. The van der Waals surface area contributed by atoms with Gasteiger partial charge < -0.3 is 49.9 Å². The normalized spacial score (nSPS) is 9.69. The van der Waals surface area contributed by atoms with Gasteiger partial charge in [0.25, 0.3) is 22.7 Å². The summed E-state index contributed by atoms with van der Waals surface area (Å²) >= 11 is 15.4. The summed E-state index contributed by atoms with van der Waals surface area (Å²) in [7, 11) is 6.67. The van der Waals surface area contributed by atoms with Gasteiger partial charge in [0.2, 0.25) is 0 Å². The third kappa shape index (κ3) is 20.3. The number of carbonyl (C=O) groups is 3. The molecule has 78 heavy (non-hydrogen) atoms. The van der Waals surface area contributed by atoms with Gasteiger partial charge in [-0.25, -0.2) is 9.97 Å². The van der Waals surface area contributed by atoms with Gasteiger partial charge in [0.15, 0.2) is 32.7 Å². The van der Waals surface area contributed by atoms with Crippen LogP contribution in [-0.4, -0.2) is 85.6 Å². The number of nitro groups is 4. The smallest absolute Gasteiger partial charge is 0.293 e. The lowest BCUT2D eigenvalue weighted by molar-refractivity contribution is -0.384. The number of aromatic nitrogens is 2. The number of Topliss-reactive ketones (excluding diaryl/α,β-unsaturated/α-hetero) is 3. The van der Waals surface area contributed by atoms with E-state index in [-0.39, 0.29) is 61.1 Å². The second-order valence-electron chi connectivity index (χ2n) is 14.9. The topological polar surface area (TPSA) is 428 Å². The first-order chi connectivity index (χ1) is 36.7. The van der Waals surface area contributed by atoms with Gasteiger partial charge in [0.05, 0.1) is 47.8 Å². The molecule has 412 valence electrons. The zero-order chi connectivity index (χ0) is 59.0. The summed E-state index contributed by atoms with van der Waals surface area (Å²) in [5, 5.41) is 58.7. The molecule has 0 amide bonds. The number of alkyl halides is 1. The fraction of sp³-hybridized carbons (Fsp3) is 0.149. The largest absolute Gasteiger partial charge is 0.397 e. The zero-order valence-corrected chi connectivity index (χ0v) is 46.9. The van der Waals surface area contributed by atoms with Gasteiger partial charge in [-0.3, -0.25) is 54.8 Å². The van der Waals surface area contributed by atoms with Crippen LogP contribution in [0, 0.1) is 40.5 Å². The van der Waals surface area contributed by atoms with E-state index in [0.717, 1.165) is 16.9 Å². The number of nitrogens with one attached hydrogen (secondary N) is 4. The number of nitro benzene ring substituents is 4. The molecule has 0 fully saturated rings. The van der Waals surface area contributed by atoms with Gasteiger partial charge in [0.1, 0.15) is 22.1 Å². The Kier molecular flexibility index (Phi) is 26.6. The molecular weight excluding hydrogens is 1160 g/mol. The van der Waals surface area contributed by atoms with Crippen LogP contribution in [0.25, 0.3) is 22.5 Å². The maximum absolute atomic E-state index is 11.3. The summed E-state index contributed by atoms with van der Waals surface area (Å²) in [5.74, 6) is -0.587. The molecule has 0 radical (unpaired) electrons. The molecule has 0 aliphatic heterocycles. The third-order valence-corrected chi connectivity index (χ3v) is 11.9. The number of benzene rings is 5. The van der Waals surface area contributed by atoms with Gasteiger partial charge in [-0.15, -0.1) is 22.7 Å². The van der Waals surface area contributed by atoms with Crippen molar-refractivity contribution < 1.29 is 34.1 Å². The first-order valence-electron chi connectivity index (χ1n) is 21.7. The number of rotatable bonds is 14. The third-order valence-electron chi connectivity index (χ3n) is 9.75. The van der Waals surface area contributed by atoms with E-state index in [4.69, 9.17) is 28.8 Å². The Morgan fingerprint density at radius 3 is 1.24 bits per heavy atom. The van der Waals surface area contributed by atoms with E-state index < -0.39 is 19.7 Å². The quantitative estimate of drug-likeness (QED) is 0.0122. The van der Waals surface area contributed by atoms with Gasteiger partial charge in [-0.2, -0.15) is 0 Å². The molecule has 14 N–H and O–H groups in total. The molecule has 2 aromatic heterocycles. The van der Waals surface area contributed by atoms with Crippen molar-refractivity contribution in [2.45, 2.75) is 13.8 Å². The van der Waals surface area contributed by atoms with Crippen LogP contribution in [0.5, 0.6) is 0 Å². The molecule has 31 heteroatoms. The van der Waals surface area contributed by atoms with Crippen LogP contribution in [0.3, 0.4) is 0 Å². The number of hydrogen-bond donors (Lipinski definition) is 9. The molecule has 26 nitrogen and oxygen atoms in total. The van der Waals surface area contributed by atoms with Crippen molar-refractivity contribution in [3.63, 3.8) is 0 Å². The monoisotopic (exact) mass is 1210 g/mol. The van der Waals surface area contributed by atoms with E-state index in [9.17, 15) is 54.8 Å². The first kappa shape index (κ1) is 65.1. The number of anilines is 7. The van der Waals surface area contributed by atoms with E-state index >= 15 is 0 Å². The molecule has 5 aromatic carbocycles.